The van der Waals surface area contributed by atoms with E-state index in [0.29, 0.717) is 6.42 Å². The second kappa shape index (κ2) is 2.29. The number of allylic oxidation sites excluding steroid dienone is 2. The van der Waals surface area contributed by atoms with Gasteiger partial charge in [0.25, 0.3) is 5.91 Å². The van der Waals surface area contributed by atoms with Gasteiger partial charge in [-0.2, -0.15) is 0 Å². The zero-order valence-corrected chi connectivity index (χ0v) is 6.35. The average Bonchev–Trinajstić information content (AvgIpc) is 2.17. The molecule has 0 N–H and O–H groups in total. The van der Waals surface area contributed by atoms with E-state index < -0.39 is 0 Å². The molecule has 0 aliphatic carbocycles. The van der Waals surface area contributed by atoms with Gasteiger partial charge < -0.3 is 4.90 Å². The standard InChI is InChI=1S/C8H11NO/c1-4-7-5-6(2)9(3)8(7)10/h4H,2,5H2,1,3H3/b7-4-. The molecule has 0 aromatic carbocycles. The number of nitrogens with zero attached hydrogens (tertiary/aromatic N) is 1. The molecule has 2 heteroatoms. The Balaban J connectivity index is 2.92. The van der Waals surface area contributed by atoms with E-state index in [9.17, 15) is 4.79 Å². The third-order valence-corrected chi connectivity index (χ3v) is 1.80. The third-order valence-electron chi connectivity index (χ3n) is 1.80. The minimum Gasteiger partial charge on any atom is -0.316 e. The minimum atomic E-state index is 0.0903. The summed E-state index contributed by atoms with van der Waals surface area (Å²) in [4.78, 5) is 12.7. The molecular formula is C8H11NO. The number of hydrogen-bond donors (Lipinski definition) is 0. The summed E-state index contributed by atoms with van der Waals surface area (Å²) in [6, 6.07) is 0. The number of carbonyl (C=O) groups is 1. The van der Waals surface area contributed by atoms with Gasteiger partial charge in [-0.3, -0.25) is 4.79 Å². The van der Waals surface area contributed by atoms with Crippen LogP contribution in [0.3, 0.4) is 0 Å². The predicted octanol–water partition coefficient (Wildman–Crippen LogP) is 1.31. The Labute approximate surface area is 60.8 Å². The Bertz CT molecular complexity index is 215. The lowest BCUT2D eigenvalue weighted by molar-refractivity contribution is -0.122. The van der Waals surface area contributed by atoms with Crippen molar-refractivity contribution < 1.29 is 4.79 Å². The monoisotopic (exact) mass is 137 g/mol. The van der Waals surface area contributed by atoms with Crippen molar-refractivity contribution in [3.63, 3.8) is 0 Å². The molecule has 0 bridgehead atoms. The summed E-state index contributed by atoms with van der Waals surface area (Å²) in [7, 11) is 1.75. The van der Waals surface area contributed by atoms with E-state index in [-0.39, 0.29) is 5.91 Å². The predicted molar refractivity (Wildman–Crippen MR) is 40.3 cm³/mol. The number of hydrogen-bond acceptors (Lipinski definition) is 1. The quantitative estimate of drug-likeness (QED) is 0.461. The summed E-state index contributed by atoms with van der Waals surface area (Å²) in [5.74, 6) is 0.0903. The van der Waals surface area contributed by atoms with Crippen LogP contribution in [0.4, 0.5) is 0 Å². The van der Waals surface area contributed by atoms with Crippen molar-refractivity contribution in [3.05, 3.63) is 23.9 Å². The van der Waals surface area contributed by atoms with E-state index in [0.717, 1.165) is 11.3 Å². The Morgan fingerprint density at radius 1 is 1.70 bits per heavy atom. The van der Waals surface area contributed by atoms with Crippen molar-refractivity contribution in [1.82, 2.24) is 4.90 Å². The van der Waals surface area contributed by atoms with Crippen LogP contribution in [0, 0.1) is 0 Å². The fraction of sp³-hybridized carbons (Fsp3) is 0.375. The topological polar surface area (TPSA) is 20.3 Å². The molecule has 1 rings (SSSR count). The zero-order valence-electron chi connectivity index (χ0n) is 6.35. The normalized spacial score (nSPS) is 23.0. The Kier molecular flexibility index (Phi) is 1.62. The third kappa shape index (κ3) is 0.856. The van der Waals surface area contributed by atoms with Crippen molar-refractivity contribution in [1.29, 1.82) is 0 Å². The molecule has 0 aromatic rings. The fourth-order valence-electron chi connectivity index (χ4n) is 0.999. The molecule has 1 aliphatic rings. The lowest BCUT2D eigenvalue weighted by atomic mass is 10.2. The lowest BCUT2D eigenvalue weighted by Gasteiger charge is -2.06. The molecule has 0 radical (unpaired) electrons. The Hall–Kier alpha value is -1.05. The largest absolute Gasteiger partial charge is 0.316 e. The van der Waals surface area contributed by atoms with Gasteiger partial charge in [0.1, 0.15) is 0 Å². The maximum absolute atomic E-state index is 11.1. The number of amides is 1. The van der Waals surface area contributed by atoms with Crippen LogP contribution < -0.4 is 0 Å². The van der Waals surface area contributed by atoms with Gasteiger partial charge in [0.05, 0.1) is 0 Å². The number of likely N-dealkylation sites (N-methyl/N-ethyl adjacent to an activating group) is 1. The lowest BCUT2D eigenvalue weighted by Crippen LogP contribution is -2.17. The number of rotatable bonds is 0. The maximum atomic E-state index is 11.1. The smallest absolute Gasteiger partial charge is 0.253 e. The molecule has 0 aromatic heterocycles. The van der Waals surface area contributed by atoms with Crippen molar-refractivity contribution in [3.8, 4) is 0 Å². The Morgan fingerprint density at radius 2 is 2.30 bits per heavy atom. The molecule has 0 atom stereocenters. The first-order chi connectivity index (χ1) is 4.66. The van der Waals surface area contributed by atoms with Crippen LogP contribution in [-0.4, -0.2) is 17.9 Å². The highest BCUT2D eigenvalue weighted by Gasteiger charge is 2.24. The maximum Gasteiger partial charge on any atom is 0.253 e. The summed E-state index contributed by atoms with van der Waals surface area (Å²) in [5.41, 5.74) is 1.74. The van der Waals surface area contributed by atoms with Gasteiger partial charge in [-0.05, 0) is 6.92 Å². The Morgan fingerprint density at radius 3 is 2.50 bits per heavy atom. The van der Waals surface area contributed by atoms with Crippen molar-refractivity contribution in [2.75, 3.05) is 7.05 Å². The first kappa shape index (κ1) is 7.06. The SMILES string of the molecule is C=C1C/C(=C/C)C(=O)N1C. The van der Waals surface area contributed by atoms with E-state index in [4.69, 9.17) is 0 Å². The van der Waals surface area contributed by atoms with Crippen molar-refractivity contribution >= 4 is 5.91 Å². The van der Waals surface area contributed by atoms with Gasteiger partial charge in [0.2, 0.25) is 0 Å². The van der Waals surface area contributed by atoms with Crippen LogP contribution in [0.1, 0.15) is 13.3 Å². The van der Waals surface area contributed by atoms with Gasteiger partial charge in [-0.1, -0.05) is 12.7 Å². The van der Waals surface area contributed by atoms with Crippen LogP contribution in [0.25, 0.3) is 0 Å². The molecule has 1 saturated heterocycles. The van der Waals surface area contributed by atoms with E-state index in [2.05, 4.69) is 6.58 Å². The first-order valence-corrected chi connectivity index (χ1v) is 3.28. The second-order valence-corrected chi connectivity index (χ2v) is 2.42. The van der Waals surface area contributed by atoms with Crippen molar-refractivity contribution in [2.24, 2.45) is 0 Å². The molecule has 54 valence electrons. The van der Waals surface area contributed by atoms with E-state index in [1.807, 2.05) is 13.0 Å². The molecule has 2 nitrogen and oxygen atoms in total. The summed E-state index contributed by atoms with van der Waals surface area (Å²) >= 11 is 0. The second-order valence-electron chi connectivity index (χ2n) is 2.42. The molecule has 0 saturated carbocycles. The molecule has 1 heterocycles. The van der Waals surface area contributed by atoms with Crippen LogP contribution in [-0.2, 0) is 4.79 Å². The van der Waals surface area contributed by atoms with E-state index in [1.165, 1.54) is 0 Å². The summed E-state index contributed by atoms with van der Waals surface area (Å²) in [5, 5.41) is 0. The summed E-state index contributed by atoms with van der Waals surface area (Å²) < 4.78 is 0. The molecular weight excluding hydrogens is 126 g/mol. The van der Waals surface area contributed by atoms with Crippen LogP contribution >= 0.6 is 0 Å². The summed E-state index contributed by atoms with van der Waals surface area (Å²) in [6.45, 7) is 5.62. The fourth-order valence-corrected chi connectivity index (χ4v) is 0.999. The highest BCUT2D eigenvalue weighted by molar-refractivity contribution is 5.97. The van der Waals surface area contributed by atoms with Crippen LogP contribution in [0.15, 0.2) is 23.9 Å². The van der Waals surface area contributed by atoms with Gasteiger partial charge in [0.15, 0.2) is 0 Å². The number of carbonyl (C=O) groups excluding carboxylic acids is 1. The molecule has 0 unspecified atom stereocenters. The van der Waals surface area contributed by atoms with Crippen LogP contribution in [0.5, 0.6) is 0 Å². The molecule has 1 amide bonds. The zero-order chi connectivity index (χ0) is 7.72. The molecule has 10 heavy (non-hydrogen) atoms. The molecule has 1 aliphatic heterocycles. The average molecular weight is 137 g/mol. The molecule has 1 fully saturated rings. The van der Waals surface area contributed by atoms with Gasteiger partial charge in [-0.25, -0.2) is 0 Å². The highest BCUT2D eigenvalue weighted by Crippen LogP contribution is 2.23. The van der Waals surface area contributed by atoms with E-state index >= 15 is 0 Å². The van der Waals surface area contributed by atoms with Gasteiger partial charge in [-0.15, -0.1) is 0 Å². The van der Waals surface area contributed by atoms with Gasteiger partial charge >= 0.3 is 0 Å². The van der Waals surface area contributed by atoms with E-state index in [1.54, 1.807) is 11.9 Å². The number of likely N-dealkylation sites (tertiary alicyclic amines) is 1. The highest BCUT2D eigenvalue weighted by atomic mass is 16.2. The molecule has 0 spiro atoms. The first-order valence-electron chi connectivity index (χ1n) is 3.28. The van der Waals surface area contributed by atoms with Crippen molar-refractivity contribution in [2.45, 2.75) is 13.3 Å². The minimum absolute atomic E-state index is 0.0903. The van der Waals surface area contributed by atoms with Gasteiger partial charge in [0, 0.05) is 24.7 Å². The van der Waals surface area contributed by atoms with Crippen LogP contribution in [0.2, 0.25) is 0 Å². The summed E-state index contributed by atoms with van der Waals surface area (Å²) in [6.07, 6.45) is 2.56.